The van der Waals surface area contributed by atoms with Crippen LogP contribution in [0.25, 0.3) is 39.2 Å². The number of hydrogen-bond acceptors (Lipinski definition) is 3. The average molecular weight is 653 g/mol. The molecule has 0 bridgehead atoms. The maximum absolute atomic E-state index is 13.2. The van der Waals surface area contributed by atoms with Crippen LogP contribution in [0.2, 0.25) is 0 Å². The second kappa shape index (κ2) is 11.6. The standard InChI is InChI=1S/C18H12N3.C11H6F2N.Ir/c1-2-6-14(7-3-1)15-9-10-16-17(12-15)21(13-20-16)18-8-4-5-11-19-18;12-8-4-5-9(10(13)7-8)11-3-1-2-6-14-11;/h1-12H;1-4,6-7H;/q2*-1;. The van der Waals surface area contributed by atoms with E-state index in [1.807, 2.05) is 47.0 Å². The average Bonchev–Trinajstić information content (AvgIpc) is 3.34. The monoisotopic (exact) mass is 653 g/mol. The molecule has 0 saturated heterocycles. The van der Waals surface area contributed by atoms with Crippen molar-refractivity contribution < 1.29 is 28.9 Å². The van der Waals surface area contributed by atoms with Gasteiger partial charge in [-0.1, -0.05) is 84.4 Å². The molecular weight excluding hydrogens is 635 g/mol. The van der Waals surface area contributed by atoms with Gasteiger partial charge in [-0.05, 0) is 40.0 Å². The summed E-state index contributed by atoms with van der Waals surface area (Å²) in [5.74, 6) is -0.462. The fraction of sp³-hybridized carbons (Fsp3) is 0. The van der Waals surface area contributed by atoms with Gasteiger partial charge in [-0.25, -0.2) is 0 Å². The topological polar surface area (TPSA) is 43.6 Å². The Kier molecular flexibility index (Phi) is 8.06. The van der Waals surface area contributed by atoms with Crippen LogP contribution < -0.4 is 0 Å². The van der Waals surface area contributed by atoms with Crippen LogP contribution in [0, 0.1) is 24.0 Å². The Morgan fingerprint density at radius 1 is 0.722 bits per heavy atom. The summed E-state index contributed by atoms with van der Waals surface area (Å²) in [4.78, 5) is 12.6. The molecule has 3 aromatic carbocycles. The van der Waals surface area contributed by atoms with Crippen LogP contribution in [-0.4, -0.2) is 19.5 Å². The number of imidazole rings is 1. The second-order valence-electron chi connectivity index (χ2n) is 7.56. The van der Waals surface area contributed by atoms with Gasteiger partial charge in [0.15, 0.2) is 0 Å². The number of aromatic nitrogens is 4. The van der Waals surface area contributed by atoms with Crippen molar-refractivity contribution in [1.29, 1.82) is 0 Å². The minimum atomic E-state index is -0.649. The molecule has 0 unspecified atom stereocenters. The summed E-state index contributed by atoms with van der Waals surface area (Å²) >= 11 is 0. The molecule has 3 heterocycles. The van der Waals surface area contributed by atoms with Gasteiger partial charge in [0.25, 0.3) is 0 Å². The van der Waals surface area contributed by atoms with E-state index in [9.17, 15) is 8.78 Å². The summed E-state index contributed by atoms with van der Waals surface area (Å²) in [5, 5.41) is 0. The molecule has 0 saturated carbocycles. The summed E-state index contributed by atoms with van der Waals surface area (Å²) in [6.07, 6.45) is 6.33. The molecule has 36 heavy (non-hydrogen) atoms. The third kappa shape index (κ3) is 5.60. The van der Waals surface area contributed by atoms with Crippen molar-refractivity contribution in [3.63, 3.8) is 0 Å². The van der Waals surface area contributed by atoms with Crippen LogP contribution in [-0.2, 0) is 20.1 Å². The number of halogens is 2. The fourth-order valence-electron chi connectivity index (χ4n) is 3.58. The molecule has 0 aliphatic heterocycles. The van der Waals surface area contributed by atoms with E-state index in [4.69, 9.17) is 0 Å². The largest absolute Gasteiger partial charge is 0.411 e. The van der Waals surface area contributed by atoms with Gasteiger partial charge in [0.2, 0.25) is 0 Å². The van der Waals surface area contributed by atoms with Gasteiger partial charge in [0, 0.05) is 50.5 Å². The summed E-state index contributed by atoms with van der Waals surface area (Å²) in [6, 6.07) is 31.9. The minimum Gasteiger partial charge on any atom is -0.411 e. The molecule has 6 rings (SSSR count). The third-order valence-electron chi connectivity index (χ3n) is 5.25. The zero-order chi connectivity index (χ0) is 24.0. The molecular formula is C29H18F2IrN4-2. The molecule has 0 N–H and O–H groups in total. The first-order valence-corrected chi connectivity index (χ1v) is 10.8. The number of pyridine rings is 2. The minimum absolute atomic E-state index is 0. The van der Waals surface area contributed by atoms with Crippen LogP contribution >= 0.6 is 0 Å². The van der Waals surface area contributed by atoms with Gasteiger partial charge in [-0.15, -0.1) is 12.1 Å². The second-order valence-corrected chi connectivity index (χ2v) is 7.56. The van der Waals surface area contributed by atoms with E-state index in [-0.39, 0.29) is 25.7 Å². The van der Waals surface area contributed by atoms with Gasteiger partial charge >= 0.3 is 0 Å². The maximum atomic E-state index is 13.2. The van der Waals surface area contributed by atoms with Crippen LogP contribution in [0.5, 0.6) is 0 Å². The molecule has 1 radical (unpaired) electrons. The first kappa shape index (κ1) is 25.0. The Balaban J connectivity index is 0.000000178. The molecule has 0 aliphatic carbocycles. The van der Waals surface area contributed by atoms with E-state index < -0.39 is 11.6 Å². The van der Waals surface area contributed by atoms with Crippen LogP contribution in [0.1, 0.15) is 0 Å². The van der Waals surface area contributed by atoms with E-state index in [0.29, 0.717) is 5.69 Å². The van der Waals surface area contributed by atoms with Gasteiger partial charge < -0.3 is 14.5 Å². The molecule has 6 aromatic rings. The third-order valence-corrected chi connectivity index (χ3v) is 5.25. The van der Waals surface area contributed by atoms with Crippen molar-refractivity contribution in [1.82, 2.24) is 19.5 Å². The number of hydrogen-bond donors (Lipinski definition) is 0. The number of benzene rings is 3. The van der Waals surface area contributed by atoms with Gasteiger partial charge in [-0.3, -0.25) is 13.8 Å². The van der Waals surface area contributed by atoms with Crippen LogP contribution in [0.3, 0.4) is 0 Å². The summed E-state index contributed by atoms with van der Waals surface area (Å²) in [6.45, 7) is 0. The van der Waals surface area contributed by atoms with E-state index in [1.54, 1.807) is 30.6 Å². The van der Waals surface area contributed by atoms with Crippen molar-refractivity contribution >= 4 is 11.0 Å². The quantitative estimate of drug-likeness (QED) is 0.200. The molecule has 0 atom stereocenters. The molecule has 0 spiro atoms. The normalized spacial score (nSPS) is 10.3. The summed E-state index contributed by atoms with van der Waals surface area (Å²) < 4.78 is 27.7. The fourth-order valence-corrected chi connectivity index (χ4v) is 3.58. The van der Waals surface area contributed by atoms with Crippen molar-refractivity contribution in [3.8, 4) is 28.2 Å². The Morgan fingerprint density at radius 2 is 1.47 bits per heavy atom. The molecule has 4 nitrogen and oxygen atoms in total. The maximum Gasteiger partial charge on any atom is 0.0552 e. The van der Waals surface area contributed by atoms with Crippen LogP contribution in [0.4, 0.5) is 8.78 Å². The Hall–Kier alpha value is -4.06. The number of rotatable bonds is 3. The van der Waals surface area contributed by atoms with Crippen molar-refractivity contribution in [3.05, 3.63) is 133 Å². The number of nitrogens with zero attached hydrogens (tertiary/aromatic N) is 4. The summed E-state index contributed by atoms with van der Waals surface area (Å²) in [7, 11) is 0. The van der Waals surface area contributed by atoms with Gasteiger partial charge in [0.05, 0.1) is 5.82 Å². The Morgan fingerprint density at radius 3 is 2.17 bits per heavy atom. The Bertz CT molecular complexity index is 1560. The van der Waals surface area contributed by atoms with E-state index in [1.165, 1.54) is 5.56 Å². The Labute approximate surface area is 220 Å². The SMILES string of the molecule is Fc1c[c-]c(-c2ccccn2)c(F)c1.[Ir].[c-]1nc2ccc(-c3ccccc3)cc2n1-c1ccccn1. The van der Waals surface area contributed by atoms with Gasteiger partial charge in [-0.2, -0.15) is 0 Å². The van der Waals surface area contributed by atoms with Crippen molar-refractivity contribution in [2.24, 2.45) is 0 Å². The van der Waals surface area contributed by atoms with Crippen molar-refractivity contribution in [2.75, 3.05) is 0 Å². The van der Waals surface area contributed by atoms with Gasteiger partial charge in [0.1, 0.15) is 0 Å². The molecule has 179 valence electrons. The first-order chi connectivity index (χ1) is 17.2. The van der Waals surface area contributed by atoms with E-state index in [0.717, 1.165) is 34.5 Å². The predicted molar refractivity (Wildman–Crippen MR) is 132 cm³/mol. The molecule has 3 aromatic heterocycles. The zero-order valence-electron chi connectivity index (χ0n) is 18.8. The van der Waals surface area contributed by atoms with Crippen molar-refractivity contribution in [2.45, 2.75) is 0 Å². The zero-order valence-corrected chi connectivity index (χ0v) is 21.2. The molecule has 7 heteroatoms. The smallest absolute Gasteiger partial charge is 0.0552 e. The first-order valence-electron chi connectivity index (χ1n) is 10.8. The van der Waals surface area contributed by atoms with E-state index >= 15 is 0 Å². The summed E-state index contributed by atoms with van der Waals surface area (Å²) in [5.41, 5.74) is 4.91. The molecule has 0 aliphatic rings. The molecule has 0 fully saturated rings. The van der Waals surface area contributed by atoms with E-state index in [2.05, 4.69) is 51.6 Å². The predicted octanol–water partition coefficient (Wildman–Crippen LogP) is 6.71. The number of fused-ring (bicyclic) bond motifs is 1. The van der Waals surface area contributed by atoms with Crippen LogP contribution in [0.15, 0.2) is 109 Å². The molecule has 0 amide bonds.